The lowest BCUT2D eigenvalue weighted by Crippen LogP contribution is -2.24. The van der Waals surface area contributed by atoms with Crippen molar-refractivity contribution in [1.82, 2.24) is 4.72 Å². The summed E-state index contributed by atoms with van der Waals surface area (Å²) in [6.07, 6.45) is 0. The van der Waals surface area contributed by atoms with E-state index in [-0.39, 0.29) is 5.75 Å². The SMILES string of the molecule is Nc1ccccc1CS(=O)(=O)NCc1ccc(Br)s1. The Balaban J connectivity index is 2.01. The van der Waals surface area contributed by atoms with E-state index < -0.39 is 10.0 Å². The highest BCUT2D eigenvalue weighted by Gasteiger charge is 2.13. The van der Waals surface area contributed by atoms with Gasteiger partial charge in [-0.1, -0.05) is 18.2 Å². The number of hydrogen-bond acceptors (Lipinski definition) is 4. The van der Waals surface area contributed by atoms with Crippen molar-refractivity contribution >= 4 is 43.0 Å². The van der Waals surface area contributed by atoms with Gasteiger partial charge in [-0.2, -0.15) is 0 Å². The van der Waals surface area contributed by atoms with Crippen LogP contribution in [0.1, 0.15) is 10.4 Å². The summed E-state index contributed by atoms with van der Waals surface area (Å²) in [5.74, 6) is -0.105. The van der Waals surface area contributed by atoms with Gasteiger partial charge in [0.1, 0.15) is 0 Å². The molecule has 102 valence electrons. The first-order valence-electron chi connectivity index (χ1n) is 5.51. The van der Waals surface area contributed by atoms with Crippen molar-refractivity contribution in [1.29, 1.82) is 0 Å². The molecule has 0 fully saturated rings. The zero-order valence-corrected chi connectivity index (χ0v) is 13.2. The molecular formula is C12H13BrN2O2S2. The van der Waals surface area contributed by atoms with Gasteiger partial charge in [0.05, 0.1) is 9.54 Å². The fraction of sp³-hybridized carbons (Fsp3) is 0.167. The largest absolute Gasteiger partial charge is 0.398 e. The molecule has 2 aromatic rings. The smallest absolute Gasteiger partial charge is 0.216 e. The molecule has 4 nitrogen and oxygen atoms in total. The lowest BCUT2D eigenvalue weighted by Gasteiger charge is -2.07. The van der Waals surface area contributed by atoms with Gasteiger partial charge in [0, 0.05) is 17.1 Å². The van der Waals surface area contributed by atoms with Gasteiger partial charge in [-0.25, -0.2) is 13.1 Å². The third-order valence-electron chi connectivity index (χ3n) is 2.50. The zero-order chi connectivity index (χ0) is 13.9. The third kappa shape index (κ3) is 4.31. The van der Waals surface area contributed by atoms with E-state index in [0.29, 0.717) is 17.8 Å². The molecule has 0 bridgehead atoms. The first kappa shape index (κ1) is 14.5. The van der Waals surface area contributed by atoms with E-state index in [9.17, 15) is 8.42 Å². The van der Waals surface area contributed by atoms with Gasteiger partial charge in [0.2, 0.25) is 10.0 Å². The van der Waals surface area contributed by atoms with Crippen molar-refractivity contribution in [2.75, 3.05) is 5.73 Å². The molecule has 19 heavy (non-hydrogen) atoms. The van der Waals surface area contributed by atoms with Crippen molar-refractivity contribution in [2.45, 2.75) is 12.3 Å². The van der Waals surface area contributed by atoms with Gasteiger partial charge in [-0.3, -0.25) is 0 Å². The Morgan fingerprint density at radius 1 is 1.21 bits per heavy atom. The second-order valence-corrected chi connectivity index (χ2v) is 8.34. The van der Waals surface area contributed by atoms with E-state index in [2.05, 4.69) is 20.7 Å². The standard InChI is InChI=1S/C12H13BrN2O2S2/c13-12-6-5-10(18-12)7-15-19(16,17)8-9-3-1-2-4-11(9)14/h1-6,15H,7-8,14H2. The average molecular weight is 361 g/mol. The molecule has 0 atom stereocenters. The number of para-hydroxylation sites is 1. The topological polar surface area (TPSA) is 72.2 Å². The predicted molar refractivity (Wildman–Crippen MR) is 82.3 cm³/mol. The first-order chi connectivity index (χ1) is 8.96. The summed E-state index contributed by atoms with van der Waals surface area (Å²) >= 11 is 4.84. The van der Waals surface area contributed by atoms with Crippen LogP contribution in [0.5, 0.6) is 0 Å². The lowest BCUT2D eigenvalue weighted by molar-refractivity contribution is 0.581. The minimum Gasteiger partial charge on any atom is -0.398 e. The summed E-state index contributed by atoms with van der Waals surface area (Å²) in [7, 11) is -3.38. The van der Waals surface area contributed by atoms with Gasteiger partial charge in [0.15, 0.2) is 0 Å². The molecule has 0 spiro atoms. The Morgan fingerprint density at radius 2 is 1.95 bits per heavy atom. The Kier molecular flexibility index (Phi) is 4.62. The lowest BCUT2D eigenvalue weighted by atomic mass is 10.2. The Bertz CT molecular complexity index is 668. The predicted octanol–water partition coefficient (Wildman–Crippen LogP) is 2.71. The second kappa shape index (κ2) is 6.04. The normalized spacial score (nSPS) is 11.6. The molecule has 1 aromatic heterocycles. The maximum Gasteiger partial charge on any atom is 0.216 e. The molecule has 0 aliphatic heterocycles. The number of nitrogen functional groups attached to an aromatic ring is 1. The average Bonchev–Trinajstić information content (AvgIpc) is 2.76. The Hall–Kier alpha value is -0.890. The minimum absolute atomic E-state index is 0.105. The highest BCUT2D eigenvalue weighted by molar-refractivity contribution is 9.11. The molecule has 0 saturated carbocycles. The first-order valence-corrected chi connectivity index (χ1v) is 8.77. The summed E-state index contributed by atoms with van der Waals surface area (Å²) in [4.78, 5) is 0.955. The molecule has 0 amide bonds. The van der Waals surface area contributed by atoms with Crippen LogP contribution in [-0.2, 0) is 22.3 Å². The van der Waals surface area contributed by atoms with Crippen molar-refractivity contribution in [3.8, 4) is 0 Å². The molecule has 0 radical (unpaired) electrons. The number of benzene rings is 1. The highest BCUT2D eigenvalue weighted by atomic mass is 79.9. The van der Waals surface area contributed by atoms with Crippen LogP contribution in [0.4, 0.5) is 5.69 Å². The van der Waals surface area contributed by atoms with Crippen LogP contribution < -0.4 is 10.5 Å². The van der Waals surface area contributed by atoms with E-state index in [1.807, 2.05) is 12.1 Å². The van der Waals surface area contributed by atoms with Gasteiger partial charge < -0.3 is 5.73 Å². The summed E-state index contributed by atoms with van der Waals surface area (Å²) in [6, 6.07) is 10.7. The van der Waals surface area contributed by atoms with E-state index in [4.69, 9.17) is 5.73 Å². The van der Waals surface area contributed by atoms with Crippen LogP contribution >= 0.6 is 27.3 Å². The van der Waals surface area contributed by atoms with Crippen molar-refractivity contribution in [3.05, 3.63) is 50.6 Å². The molecule has 3 N–H and O–H groups in total. The van der Waals surface area contributed by atoms with Crippen molar-refractivity contribution in [3.63, 3.8) is 0 Å². The Labute approximate surface area is 124 Å². The molecule has 0 aliphatic carbocycles. The van der Waals surface area contributed by atoms with Crippen molar-refractivity contribution < 1.29 is 8.42 Å². The number of rotatable bonds is 5. The summed E-state index contributed by atoms with van der Waals surface area (Å²) in [5.41, 5.74) is 6.85. The van der Waals surface area contributed by atoms with Crippen LogP contribution in [0.25, 0.3) is 0 Å². The fourth-order valence-electron chi connectivity index (χ4n) is 1.55. The third-order valence-corrected chi connectivity index (χ3v) is 5.39. The van der Waals surface area contributed by atoms with E-state index in [1.165, 1.54) is 11.3 Å². The molecule has 7 heteroatoms. The monoisotopic (exact) mass is 360 g/mol. The molecule has 0 aliphatic rings. The molecule has 2 rings (SSSR count). The number of hydrogen-bond donors (Lipinski definition) is 2. The van der Waals surface area contributed by atoms with Crippen LogP contribution in [0, 0.1) is 0 Å². The second-order valence-electron chi connectivity index (χ2n) is 3.98. The number of anilines is 1. The zero-order valence-electron chi connectivity index (χ0n) is 9.97. The summed E-state index contributed by atoms with van der Waals surface area (Å²) in [6.45, 7) is 0.297. The number of thiophene rings is 1. The van der Waals surface area contributed by atoms with Crippen LogP contribution in [0.15, 0.2) is 40.2 Å². The van der Waals surface area contributed by atoms with Crippen LogP contribution in [0.2, 0.25) is 0 Å². The minimum atomic E-state index is -3.38. The van der Waals surface area contributed by atoms with E-state index in [1.54, 1.807) is 24.3 Å². The van der Waals surface area contributed by atoms with E-state index >= 15 is 0 Å². The van der Waals surface area contributed by atoms with Crippen molar-refractivity contribution in [2.24, 2.45) is 0 Å². The number of halogens is 1. The molecule has 1 aromatic carbocycles. The van der Waals surface area contributed by atoms with Gasteiger partial charge >= 0.3 is 0 Å². The molecule has 1 heterocycles. The molecule has 0 saturated heterocycles. The number of sulfonamides is 1. The van der Waals surface area contributed by atoms with Gasteiger partial charge in [-0.05, 0) is 39.7 Å². The quantitative estimate of drug-likeness (QED) is 0.805. The number of nitrogens with two attached hydrogens (primary N) is 1. The number of nitrogens with one attached hydrogen (secondary N) is 1. The molecular weight excluding hydrogens is 348 g/mol. The van der Waals surface area contributed by atoms with Gasteiger partial charge in [0.25, 0.3) is 0 Å². The maximum absolute atomic E-state index is 12.0. The summed E-state index contributed by atoms with van der Waals surface area (Å²) < 4.78 is 27.5. The van der Waals surface area contributed by atoms with E-state index in [0.717, 1.165) is 8.66 Å². The molecule has 0 unspecified atom stereocenters. The Morgan fingerprint density at radius 3 is 2.58 bits per heavy atom. The highest BCUT2D eigenvalue weighted by Crippen LogP contribution is 2.22. The van der Waals surface area contributed by atoms with Crippen LogP contribution in [0.3, 0.4) is 0 Å². The van der Waals surface area contributed by atoms with Gasteiger partial charge in [-0.15, -0.1) is 11.3 Å². The summed E-state index contributed by atoms with van der Waals surface area (Å²) in [5, 5.41) is 0. The van der Waals surface area contributed by atoms with Crippen LogP contribution in [-0.4, -0.2) is 8.42 Å². The maximum atomic E-state index is 12.0. The fourth-order valence-corrected chi connectivity index (χ4v) is 4.21.